The van der Waals surface area contributed by atoms with Crippen molar-refractivity contribution in [2.24, 2.45) is 0 Å². The maximum Gasteiger partial charge on any atom is 0.243 e. The summed E-state index contributed by atoms with van der Waals surface area (Å²) in [6.45, 7) is 6.59. The van der Waals surface area contributed by atoms with Crippen LogP contribution in [0, 0.1) is 0 Å². The van der Waals surface area contributed by atoms with E-state index in [4.69, 9.17) is 4.74 Å². The largest absolute Gasteiger partial charge is 0.379 e. The number of benzene rings is 1. The predicted molar refractivity (Wildman–Crippen MR) is 103 cm³/mol. The predicted octanol–water partition coefficient (Wildman–Crippen LogP) is 1.07. The molecular weight excluding hydrogens is 354 g/mol. The molecule has 146 valence electrons. The Balaban J connectivity index is 1.94. The van der Waals surface area contributed by atoms with Gasteiger partial charge in [0.15, 0.2) is 0 Å². The third kappa shape index (κ3) is 5.96. The first-order chi connectivity index (χ1) is 12.4. The smallest absolute Gasteiger partial charge is 0.243 e. The molecule has 0 unspecified atom stereocenters. The van der Waals surface area contributed by atoms with Gasteiger partial charge < -0.3 is 10.1 Å². The molecule has 1 heterocycles. The molecule has 1 saturated heterocycles. The summed E-state index contributed by atoms with van der Waals surface area (Å²) in [4.78, 5) is 14.9. The molecule has 1 amide bonds. The highest BCUT2D eigenvalue weighted by Crippen LogP contribution is 2.21. The van der Waals surface area contributed by atoms with Crippen LogP contribution in [-0.4, -0.2) is 70.9 Å². The summed E-state index contributed by atoms with van der Waals surface area (Å²) < 4.78 is 31.1. The number of ether oxygens (including phenoxy) is 1. The molecule has 1 atom stereocenters. The third-order valence-electron chi connectivity index (χ3n) is 4.39. The molecule has 1 aliphatic rings. The summed E-state index contributed by atoms with van der Waals surface area (Å²) in [5, 5.41) is 2.89. The maximum atomic E-state index is 12.6. The van der Waals surface area contributed by atoms with Crippen molar-refractivity contribution in [1.29, 1.82) is 0 Å². The van der Waals surface area contributed by atoms with Gasteiger partial charge in [0.25, 0.3) is 0 Å². The fraction of sp³-hybridized carbons (Fsp3) is 0.611. The second-order valence-electron chi connectivity index (χ2n) is 6.42. The molecule has 2 rings (SSSR count). The van der Waals surface area contributed by atoms with Crippen molar-refractivity contribution < 1.29 is 17.9 Å². The lowest BCUT2D eigenvalue weighted by Crippen LogP contribution is -2.49. The van der Waals surface area contributed by atoms with Gasteiger partial charge in [0.05, 0.1) is 25.2 Å². The summed E-state index contributed by atoms with van der Waals surface area (Å²) >= 11 is 0. The van der Waals surface area contributed by atoms with Crippen LogP contribution in [0.25, 0.3) is 0 Å². The molecule has 0 spiro atoms. The molecule has 0 saturated carbocycles. The summed E-state index contributed by atoms with van der Waals surface area (Å²) in [6, 6.07) is 8.00. The Morgan fingerprint density at radius 3 is 2.50 bits per heavy atom. The van der Waals surface area contributed by atoms with Gasteiger partial charge in [0.1, 0.15) is 6.04 Å². The van der Waals surface area contributed by atoms with Crippen LogP contribution < -0.4 is 9.62 Å². The van der Waals surface area contributed by atoms with E-state index >= 15 is 0 Å². The first kappa shape index (κ1) is 20.7. The number of nitrogens with one attached hydrogen (secondary N) is 1. The fourth-order valence-corrected chi connectivity index (χ4v) is 4.30. The van der Waals surface area contributed by atoms with E-state index in [-0.39, 0.29) is 5.91 Å². The van der Waals surface area contributed by atoms with Crippen LogP contribution in [0.15, 0.2) is 30.3 Å². The van der Waals surface area contributed by atoms with E-state index in [0.717, 1.165) is 45.5 Å². The Kier molecular flexibility index (Phi) is 7.86. The average molecular weight is 384 g/mol. The third-order valence-corrected chi connectivity index (χ3v) is 5.57. The van der Waals surface area contributed by atoms with Gasteiger partial charge in [-0.2, -0.15) is 0 Å². The molecule has 0 radical (unpaired) electrons. The van der Waals surface area contributed by atoms with Gasteiger partial charge in [-0.15, -0.1) is 0 Å². The lowest BCUT2D eigenvalue weighted by Gasteiger charge is -2.30. The topological polar surface area (TPSA) is 79.0 Å². The number of amides is 1. The number of carbonyl (C=O) groups excluding carboxylic acids is 1. The lowest BCUT2D eigenvalue weighted by atomic mass is 10.2. The van der Waals surface area contributed by atoms with E-state index in [1.807, 2.05) is 13.0 Å². The highest BCUT2D eigenvalue weighted by molar-refractivity contribution is 7.92. The van der Waals surface area contributed by atoms with Crippen molar-refractivity contribution in [3.63, 3.8) is 0 Å². The van der Waals surface area contributed by atoms with E-state index < -0.39 is 16.1 Å². The Morgan fingerprint density at radius 1 is 1.27 bits per heavy atom. The van der Waals surface area contributed by atoms with Crippen molar-refractivity contribution in [2.75, 3.05) is 50.0 Å². The minimum atomic E-state index is -3.57. The van der Waals surface area contributed by atoms with Gasteiger partial charge in [-0.25, -0.2) is 8.42 Å². The first-order valence-corrected chi connectivity index (χ1v) is 10.9. The highest BCUT2D eigenvalue weighted by atomic mass is 32.2. The number of nitrogens with zero attached hydrogens (tertiary/aromatic N) is 2. The van der Waals surface area contributed by atoms with Gasteiger partial charge in [0, 0.05) is 19.6 Å². The number of carbonyl (C=O) groups is 1. The Hall–Kier alpha value is -1.64. The van der Waals surface area contributed by atoms with Crippen LogP contribution in [0.1, 0.15) is 19.8 Å². The number of sulfonamides is 1. The number of para-hydroxylation sites is 1. The SMILES string of the molecule is CC[C@@H](C(=O)NCCCN1CCOCC1)N(c1ccccc1)S(C)(=O)=O. The van der Waals surface area contributed by atoms with Crippen LogP contribution >= 0.6 is 0 Å². The molecule has 1 aliphatic heterocycles. The van der Waals surface area contributed by atoms with E-state index in [2.05, 4.69) is 10.2 Å². The lowest BCUT2D eigenvalue weighted by molar-refractivity contribution is -0.122. The van der Waals surface area contributed by atoms with Crippen LogP contribution in [0.4, 0.5) is 5.69 Å². The highest BCUT2D eigenvalue weighted by Gasteiger charge is 2.31. The van der Waals surface area contributed by atoms with Gasteiger partial charge in [-0.05, 0) is 31.5 Å². The Morgan fingerprint density at radius 2 is 1.92 bits per heavy atom. The molecule has 7 nitrogen and oxygen atoms in total. The standard InChI is InChI=1S/C18H29N3O4S/c1-3-17(21(26(2,23)24)16-8-5-4-6-9-16)18(22)19-10-7-11-20-12-14-25-15-13-20/h4-6,8-9,17H,3,7,10-15H2,1-2H3,(H,19,22)/t17-/m0/s1. The monoisotopic (exact) mass is 383 g/mol. The maximum absolute atomic E-state index is 12.6. The fourth-order valence-electron chi connectivity index (χ4n) is 3.09. The molecule has 0 aliphatic carbocycles. The number of anilines is 1. The first-order valence-electron chi connectivity index (χ1n) is 9.05. The number of hydrogen-bond donors (Lipinski definition) is 1. The normalized spacial score (nSPS) is 16.8. The quantitative estimate of drug-likeness (QED) is 0.646. The minimum absolute atomic E-state index is 0.260. The molecule has 1 aromatic carbocycles. The van der Waals surface area contributed by atoms with Crippen LogP contribution in [-0.2, 0) is 19.6 Å². The van der Waals surface area contributed by atoms with Crippen molar-refractivity contribution >= 4 is 21.6 Å². The van der Waals surface area contributed by atoms with Crippen molar-refractivity contribution in [1.82, 2.24) is 10.2 Å². The number of morpholine rings is 1. The van der Waals surface area contributed by atoms with Crippen molar-refractivity contribution in [3.8, 4) is 0 Å². The van der Waals surface area contributed by atoms with Crippen LogP contribution in [0.5, 0.6) is 0 Å². The summed E-state index contributed by atoms with van der Waals surface area (Å²) in [7, 11) is -3.57. The minimum Gasteiger partial charge on any atom is -0.379 e. The molecule has 8 heteroatoms. The zero-order valence-electron chi connectivity index (χ0n) is 15.6. The van der Waals surface area contributed by atoms with Crippen LogP contribution in [0.2, 0.25) is 0 Å². The van der Waals surface area contributed by atoms with Crippen molar-refractivity contribution in [3.05, 3.63) is 30.3 Å². The number of rotatable bonds is 9. The molecule has 1 fully saturated rings. The summed E-state index contributed by atoms with van der Waals surface area (Å²) in [6.07, 6.45) is 2.36. The zero-order chi connectivity index (χ0) is 19.0. The average Bonchev–Trinajstić information content (AvgIpc) is 2.63. The molecule has 1 aromatic rings. The van der Waals surface area contributed by atoms with E-state index in [9.17, 15) is 13.2 Å². The second-order valence-corrected chi connectivity index (χ2v) is 8.28. The Bertz CT molecular complexity index is 660. The molecule has 0 aromatic heterocycles. The molecule has 0 bridgehead atoms. The van der Waals surface area contributed by atoms with Gasteiger partial charge in [-0.1, -0.05) is 25.1 Å². The van der Waals surface area contributed by atoms with Gasteiger partial charge >= 0.3 is 0 Å². The van der Waals surface area contributed by atoms with E-state index in [1.165, 1.54) is 4.31 Å². The summed E-state index contributed by atoms with van der Waals surface area (Å²) in [5.41, 5.74) is 0.505. The second kappa shape index (κ2) is 9.89. The van der Waals surface area contributed by atoms with E-state index in [1.54, 1.807) is 24.3 Å². The van der Waals surface area contributed by atoms with Gasteiger partial charge in [-0.3, -0.25) is 14.0 Å². The zero-order valence-corrected chi connectivity index (χ0v) is 16.4. The molecule has 1 N–H and O–H groups in total. The molecule has 26 heavy (non-hydrogen) atoms. The van der Waals surface area contributed by atoms with Gasteiger partial charge in [0.2, 0.25) is 15.9 Å². The van der Waals surface area contributed by atoms with E-state index in [0.29, 0.717) is 18.7 Å². The van der Waals surface area contributed by atoms with Crippen molar-refractivity contribution in [2.45, 2.75) is 25.8 Å². The molecular formula is C18H29N3O4S. The number of hydrogen-bond acceptors (Lipinski definition) is 5. The Labute approximate surface area is 156 Å². The van der Waals surface area contributed by atoms with Crippen LogP contribution in [0.3, 0.4) is 0 Å². The summed E-state index contributed by atoms with van der Waals surface area (Å²) in [5.74, 6) is -0.260.